The standard InChI is InChI=1S/C8H16N4O/c9-7-1-2-8(10)12(7)5-3-11-4-6-13/h1-2,11,13H,3-6,9-10H2. The van der Waals surface area contributed by atoms with E-state index in [0.717, 1.165) is 13.1 Å². The molecular weight excluding hydrogens is 168 g/mol. The van der Waals surface area contributed by atoms with Gasteiger partial charge in [0, 0.05) is 19.6 Å². The summed E-state index contributed by atoms with van der Waals surface area (Å²) in [7, 11) is 0. The zero-order valence-corrected chi connectivity index (χ0v) is 7.53. The predicted octanol–water partition coefficient (Wildman–Crippen LogP) is -0.766. The molecule has 0 spiro atoms. The highest BCUT2D eigenvalue weighted by Gasteiger charge is 2.00. The number of hydrogen-bond donors (Lipinski definition) is 4. The number of nitrogens with zero attached hydrogens (tertiary/aromatic N) is 1. The van der Waals surface area contributed by atoms with Crippen molar-refractivity contribution in [2.75, 3.05) is 31.2 Å². The van der Waals surface area contributed by atoms with Crippen molar-refractivity contribution in [3.8, 4) is 0 Å². The first-order valence-corrected chi connectivity index (χ1v) is 4.27. The Balaban J connectivity index is 2.36. The predicted molar refractivity (Wildman–Crippen MR) is 53.2 cm³/mol. The molecule has 1 aromatic rings. The highest BCUT2D eigenvalue weighted by atomic mass is 16.3. The Morgan fingerprint density at radius 2 is 1.85 bits per heavy atom. The van der Waals surface area contributed by atoms with Crippen LogP contribution in [0.15, 0.2) is 12.1 Å². The van der Waals surface area contributed by atoms with Crippen LogP contribution in [0.5, 0.6) is 0 Å². The molecule has 0 atom stereocenters. The Bertz CT molecular complexity index is 239. The van der Waals surface area contributed by atoms with Crippen molar-refractivity contribution in [3.63, 3.8) is 0 Å². The number of anilines is 2. The number of aromatic nitrogens is 1. The van der Waals surface area contributed by atoms with Crippen LogP contribution in [-0.4, -0.2) is 29.4 Å². The Labute approximate surface area is 77.3 Å². The molecule has 5 heteroatoms. The minimum Gasteiger partial charge on any atom is -0.395 e. The van der Waals surface area contributed by atoms with Crippen LogP contribution in [0.25, 0.3) is 0 Å². The lowest BCUT2D eigenvalue weighted by Gasteiger charge is -2.08. The highest BCUT2D eigenvalue weighted by Crippen LogP contribution is 2.11. The monoisotopic (exact) mass is 184 g/mol. The Kier molecular flexibility index (Phi) is 3.60. The minimum atomic E-state index is 0.149. The van der Waals surface area contributed by atoms with E-state index in [1.807, 2.05) is 4.57 Å². The smallest absolute Gasteiger partial charge is 0.104 e. The highest BCUT2D eigenvalue weighted by molar-refractivity contribution is 5.45. The summed E-state index contributed by atoms with van der Waals surface area (Å²) in [6, 6.07) is 3.56. The van der Waals surface area contributed by atoms with E-state index in [-0.39, 0.29) is 6.61 Å². The molecule has 13 heavy (non-hydrogen) atoms. The first-order valence-electron chi connectivity index (χ1n) is 4.27. The topological polar surface area (TPSA) is 89.2 Å². The Morgan fingerprint density at radius 3 is 2.38 bits per heavy atom. The van der Waals surface area contributed by atoms with Gasteiger partial charge in [0.1, 0.15) is 11.6 Å². The van der Waals surface area contributed by atoms with E-state index >= 15 is 0 Å². The lowest BCUT2D eigenvalue weighted by Crippen LogP contribution is -2.23. The molecule has 0 aliphatic heterocycles. The summed E-state index contributed by atoms with van der Waals surface area (Å²) in [5.74, 6) is 1.34. The van der Waals surface area contributed by atoms with Gasteiger partial charge >= 0.3 is 0 Å². The summed E-state index contributed by atoms with van der Waals surface area (Å²) < 4.78 is 1.82. The number of nitrogen functional groups attached to an aromatic ring is 2. The van der Waals surface area contributed by atoms with Gasteiger partial charge in [0.05, 0.1) is 6.61 Å². The fraction of sp³-hybridized carbons (Fsp3) is 0.500. The molecule has 0 fully saturated rings. The van der Waals surface area contributed by atoms with Crippen molar-refractivity contribution in [1.29, 1.82) is 0 Å². The van der Waals surface area contributed by atoms with Gasteiger partial charge < -0.3 is 26.5 Å². The minimum absolute atomic E-state index is 0.149. The van der Waals surface area contributed by atoms with Gasteiger partial charge in [-0.3, -0.25) is 0 Å². The Morgan fingerprint density at radius 1 is 1.23 bits per heavy atom. The van der Waals surface area contributed by atoms with Gasteiger partial charge in [-0.25, -0.2) is 0 Å². The first kappa shape index (κ1) is 9.88. The van der Waals surface area contributed by atoms with E-state index < -0.39 is 0 Å². The molecule has 0 bridgehead atoms. The molecule has 0 saturated heterocycles. The van der Waals surface area contributed by atoms with E-state index in [9.17, 15) is 0 Å². The van der Waals surface area contributed by atoms with Crippen LogP contribution in [0.1, 0.15) is 0 Å². The van der Waals surface area contributed by atoms with Crippen molar-refractivity contribution in [2.45, 2.75) is 6.54 Å². The van der Waals surface area contributed by atoms with Crippen molar-refractivity contribution >= 4 is 11.6 Å². The van der Waals surface area contributed by atoms with Crippen molar-refractivity contribution in [3.05, 3.63) is 12.1 Å². The van der Waals surface area contributed by atoms with E-state index in [1.165, 1.54) is 0 Å². The fourth-order valence-electron chi connectivity index (χ4n) is 1.15. The maximum atomic E-state index is 8.51. The second-order valence-electron chi connectivity index (χ2n) is 2.81. The van der Waals surface area contributed by atoms with Crippen molar-refractivity contribution < 1.29 is 5.11 Å². The van der Waals surface area contributed by atoms with Crippen LogP contribution < -0.4 is 16.8 Å². The van der Waals surface area contributed by atoms with Crippen LogP contribution in [0.3, 0.4) is 0 Å². The van der Waals surface area contributed by atoms with E-state index in [2.05, 4.69) is 5.32 Å². The molecule has 0 aromatic carbocycles. The maximum Gasteiger partial charge on any atom is 0.104 e. The third-order valence-electron chi connectivity index (χ3n) is 1.85. The number of nitrogens with one attached hydrogen (secondary N) is 1. The molecule has 0 aliphatic carbocycles. The van der Waals surface area contributed by atoms with Gasteiger partial charge in [-0.05, 0) is 12.1 Å². The lowest BCUT2D eigenvalue weighted by atomic mass is 10.5. The summed E-state index contributed by atoms with van der Waals surface area (Å²) in [5, 5.41) is 11.6. The SMILES string of the molecule is Nc1ccc(N)n1CCNCCO. The van der Waals surface area contributed by atoms with Gasteiger partial charge in [-0.15, -0.1) is 0 Å². The molecule has 6 N–H and O–H groups in total. The number of nitrogens with two attached hydrogens (primary N) is 2. The second kappa shape index (κ2) is 4.74. The summed E-state index contributed by atoms with van der Waals surface area (Å²) >= 11 is 0. The number of rotatable bonds is 5. The maximum absolute atomic E-state index is 8.51. The third-order valence-corrected chi connectivity index (χ3v) is 1.85. The zero-order chi connectivity index (χ0) is 9.68. The van der Waals surface area contributed by atoms with E-state index in [4.69, 9.17) is 16.6 Å². The van der Waals surface area contributed by atoms with E-state index in [1.54, 1.807) is 12.1 Å². The fourth-order valence-corrected chi connectivity index (χ4v) is 1.15. The molecule has 0 aliphatic rings. The van der Waals surface area contributed by atoms with Gasteiger partial charge in [-0.2, -0.15) is 0 Å². The average Bonchev–Trinajstić information content (AvgIpc) is 2.42. The van der Waals surface area contributed by atoms with Gasteiger partial charge in [-0.1, -0.05) is 0 Å². The quantitative estimate of drug-likeness (QED) is 0.453. The largest absolute Gasteiger partial charge is 0.395 e. The van der Waals surface area contributed by atoms with Crippen molar-refractivity contribution in [1.82, 2.24) is 9.88 Å². The normalized spacial score (nSPS) is 10.5. The van der Waals surface area contributed by atoms with Gasteiger partial charge in [0.15, 0.2) is 0 Å². The Hall–Kier alpha value is -1.20. The third kappa shape index (κ3) is 2.64. The van der Waals surface area contributed by atoms with Crippen LogP contribution >= 0.6 is 0 Å². The molecule has 0 radical (unpaired) electrons. The molecule has 0 saturated carbocycles. The molecule has 1 aromatic heterocycles. The second-order valence-corrected chi connectivity index (χ2v) is 2.81. The van der Waals surface area contributed by atoms with Crippen LogP contribution in [0.2, 0.25) is 0 Å². The van der Waals surface area contributed by atoms with Gasteiger partial charge in [0.2, 0.25) is 0 Å². The van der Waals surface area contributed by atoms with Crippen LogP contribution in [0.4, 0.5) is 11.6 Å². The van der Waals surface area contributed by atoms with Gasteiger partial charge in [0.25, 0.3) is 0 Å². The molecule has 5 nitrogen and oxygen atoms in total. The number of aliphatic hydroxyl groups excluding tert-OH is 1. The molecule has 0 unspecified atom stereocenters. The van der Waals surface area contributed by atoms with E-state index in [0.29, 0.717) is 18.2 Å². The molecule has 1 rings (SSSR count). The summed E-state index contributed by atoms with van der Waals surface area (Å²) in [4.78, 5) is 0. The zero-order valence-electron chi connectivity index (χ0n) is 7.53. The number of aliphatic hydroxyl groups is 1. The van der Waals surface area contributed by atoms with Crippen LogP contribution in [0, 0.1) is 0 Å². The molecular formula is C8H16N4O. The summed E-state index contributed by atoms with van der Waals surface area (Å²) in [5.41, 5.74) is 11.3. The first-order chi connectivity index (χ1) is 6.25. The van der Waals surface area contributed by atoms with Crippen molar-refractivity contribution in [2.24, 2.45) is 0 Å². The summed E-state index contributed by atoms with van der Waals surface area (Å²) in [6.07, 6.45) is 0. The summed E-state index contributed by atoms with van der Waals surface area (Å²) in [6.45, 7) is 2.23. The molecule has 74 valence electrons. The molecule has 1 heterocycles. The molecule has 0 amide bonds. The number of hydrogen-bond acceptors (Lipinski definition) is 4. The lowest BCUT2D eigenvalue weighted by molar-refractivity contribution is 0.291. The van der Waals surface area contributed by atoms with Crippen LogP contribution in [-0.2, 0) is 6.54 Å². The average molecular weight is 184 g/mol.